The van der Waals surface area contributed by atoms with E-state index >= 15 is 0 Å². The van der Waals surface area contributed by atoms with Crippen LogP contribution in [-0.2, 0) is 6.54 Å². The van der Waals surface area contributed by atoms with Gasteiger partial charge >= 0.3 is 5.69 Å². The summed E-state index contributed by atoms with van der Waals surface area (Å²) in [6.07, 6.45) is 5.07. The SMILES string of the molecule is O=c1[nH]ccn1Cc1nccs1. The zero-order chi connectivity index (χ0) is 8.39. The highest BCUT2D eigenvalue weighted by Gasteiger charge is 1.98. The Morgan fingerprint density at radius 2 is 2.58 bits per heavy atom. The first-order valence-corrected chi connectivity index (χ1v) is 4.36. The molecule has 4 nitrogen and oxygen atoms in total. The molecule has 0 unspecified atom stereocenters. The fraction of sp³-hybridized carbons (Fsp3) is 0.143. The molecule has 0 bridgehead atoms. The quantitative estimate of drug-likeness (QED) is 0.740. The second-order valence-corrected chi connectivity index (χ2v) is 3.30. The van der Waals surface area contributed by atoms with Crippen LogP contribution in [-0.4, -0.2) is 14.5 Å². The van der Waals surface area contributed by atoms with Crippen molar-refractivity contribution in [2.24, 2.45) is 0 Å². The van der Waals surface area contributed by atoms with E-state index in [0.29, 0.717) is 6.54 Å². The molecule has 2 aromatic rings. The molecule has 0 aliphatic rings. The van der Waals surface area contributed by atoms with E-state index in [1.807, 2.05) is 5.38 Å². The van der Waals surface area contributed by atoms with E-state index in [-0.39, 0.29) is 5.69 Å². The fourth-order valence-electron chi connectivity index (χ4n) is 0.950. The van der Waals surface area contributed by atoms with Gasteiger partial charge in [-0.15, -0.1) is 11.3 Å². The minimum Gasteiger partial charge on any atom is -0.313 e. The van der Waals surface area contributed by atoms with Gasteiger partial charge in [0.05, 0.1) is 6.54 Å². The summed E-state index contributed by atoms with van der Waals surface area (Å²) in [7, 11) is 0. The number of H-pyrrole nitrogens is 1. The van der Waals surface area contributed by atoms with Gasteiger partial charge in [-0.05, 0) is 0 Å². The Morgan fingerprint density at radius 1 is 1.67 bits per heavy atom. The highest BCUT2D eigenvalue weighted by Crippen LogP contribution is 2.04. The van der Waals surface area contributed by atoms with Crippen molar-refractivity contribution in [1.29, 1.82) is 0 Å². The van der Waals surface area contributed by atoms with Crippen LogP contribution in [0.3, 0.4) is 0 Å². The van der Waals surface area contributed by atoms with Crippen LogP contribution in [0.1, 0.15) is 5.01 Å². The van der Waals surface area contributed by atoms with Crippen LogP contribution in [0.2, 0.25) is 0 Å². The molecule has 0 saturated heterocycles. The third kappa shape index (κ3) is 1.31. The van der Waals surface area contributed by atoms with Gasteiger partial charge in [0.25, 0.3) is 0 Å². The first kappa shape index (κ1) is 7.30. The molecule has 5 heteroatoms. The zero-order valence-electron chi connectivity index (χ0n) is 6.23. The van der Waals surface area contributed by atoms with E-state index in [0.717, 1.165) is 5.01 Å². The first-order valence-electron chi connectivity index (χ1n) is 3.48. The number of rotatable bonds is 2. The monoisotopic (exact) mass is 181 g/mol. The van der Waals surface area contributed by atoms with Gasteiger partial charge in [-0.3, -0.25) is 4.57 Å². The molecule has 0 fully saturated rings. The Bertz CT molecular complexity index is 400. The molecule has 0 spiro atoms. The summed E-state index contributed by atoms with van der Waals surface area (Å²) in [5, 5.41) is 2.84. The van der Waals surface area contributed by atoms with Crippen molar-refractivity contribution in [3.63, 3.8) is 0 Å². The standard InChI is InChI=1S/C7H7N3OS/c11-7-9-1-3-10(7)5-6-8-2-4-12-6/h1-4H,5H2,(H,9,11). The summed E-state index contributed by atoms with van der Waals surface area (Å²) >= 11 is 1.55. The second kappa shape index (κ2) is 2.94. The van der Waals surface area contributed by atoms with Gasteiger partial charge in [0.1, 0.15) is 5.01 Å². The highest BCUT2D eigenvalue weighted by atomic mass is 32.1. The summed E-state index contributed by atoms with van der Waals surface area (Å²) in [4.78, 5) is 17.7. The summed E-state index contributed by atoms with van der Waals surface area (Å²) in [5.74, 6) is 0. The second-order valence-electron chi connectivity index (χ2n) is 2.32. The molecule has 0 atom stereocenters. The lowest BCUT2D eigenvalue weighted by molar-refractivity contribution is 0.756. The highest BCUT2D eigenvalue weighted by molar-refractivity contribution is 7.09. The van der Waals surface area contributed by atoms with Crippen molar-refractivity contribution in [1.82, 2.24) is 14.5 Å². The third-order valence-electron chi connectivity index (χ3n) is 1.51. The van der Waals surface area contributed by atoms with Gasteiger partial charge in [0.2, 0.25) is 0 Å². The van der Waals surface area contributed by atoms with Gasteiger partial charge < -0.3 is 4.98 Å². The predicted molar refractivity (Wildman–Crippen MR) is 46.3 cm³/mol. The van der Waals surface area contributed by atoms with Gasteiger partial charge in [-0.2, -0.15) is 0 Å². The number of aromatic amines is 1. The van der Waals surface area contributed by atoms with E-state index < -0.39 is 0 Å². The van der Waals surface area contributed by atoms with Crippen molar-refractivity contribution in [2.75, 3.05) is 0 Å². The van der Waals surface area contributed by atoms with E-state index in [9.17, 15) is 4.79 Å². The van der Waals surface area contributed by atoms with Crippen LogP contribution in [0.4, 0.5) is 0 Å². The van der Waals surface area contributed by atoms with Crippen LogP contribution >= 0.6 is 11.3 Å². The molecule has 0 radical (unpaired) electrons. The van der Waals surface area contributed by atoms with Gasteiger partial charge in [0, 0.05) is 24.0 Å². The minimum absolute atomic E-state index is 0.0924. The minimum atomic E-state index is -0.0924. The topological polar surface area (TPSA) is 50.7 Å². The molecule has 2 heterocycles. The van der Waals surface area contributed by atoms with Crippen molar-refractivity contribution in [3.8, 4) is 0 Å². The molecule has 0 aliphatic heterocycles. The molecular weight excluding hydrogens is 174 g/mol. The van der Waals surface area contributed by atoms with Crippen molar-refractivity contribution >= 4 is 11.3 Å². The summed E-state index contributed by atoms with van der Waals surface area (Å²) in [6.45, 7) is 0.556. The van der Waals surface area contributed by atoms with E-state index in [1.54, 1.807) is 34.5 Å². The maximum Gasteiger partial charge on any atom is 0.325 e. The molecule has 0 saturated carbocycles. The van der Waals surface area contributed by atoms with Gasteiger partial charge in [-0.1, -0.05) is 0 Å². The van der Waals surface area contributed by atoms with Crippen molar-refractivity contribution in [3.05, 3.63) is 39.5 Å². The Morgan fingerprint density at radius 3 is 3.17 bits per heavy atom. The smallest absolute Gasteiger partial charge is 0.313 e. The normalized spacial score (nSPS) is 10.3. The number of hydrogen-bond acceptors (Lipinski definition) is 3. The lowest BCUT2D eigenvalue weighted by Crippen LogP contribution is -2.16. The number of nitrogens with one attached hydrogen (secondary N) is 1. The Kier molecular flexibility index (Phi) is 1.79. The molecule has 1 N–H and O–H groups in total. The third-order valence-corrected chi connectivity index (χ3v) is 2.28. The maximum atomic E-state index is 11.0. The van der Waals surface area contributed by atoms with E-state index in [1.165, 1.54) is 0 Å². The molecule has 62 valence electrons. The fourth-order valence-corrected chi connectivity index (χ4v) is 1.56. The maximum absolute atomic E-state index is 11.0. The van der Waals surface area contributed by atoms with E-state index in [2.05, 4.69) is 9.97 Å². The van der Waals surface area contributed by atoms with Gasteiger partial charge in [0.15, 0.2) is 0 Å². The van der Waals surface area contributed by atoms with Crippen LogP contribution in [0, 0.1) is 0 Å². The summed E-state index contributed by atoms with van der Waals surface area (Å²) < 4.78 is 1.58. The summed E-state index contributed by atoms with van der Waals surface area (Å²) in [6, 6.07) is 0. The van der Waals surface area contributed by atoms with Crippen molar-refractivity contribution < 1.29 is 0 Å². The first-order chi connectivity index (χ1) is 5.86. The summed E-state index contributed by atoms with van der Waals surface area (Å²) in [5.41, 5.74) is -0.0924. The largest absolute Gasteiger partial charge is 0.325 e. The van der Waals surface area contributed by atoms with Crippen LogP contribution < -0.4 is 5.69 Å². The molecule has 0 aliphatic carbocycles. The number of thiazole rings is 1. The molecule has 12 heavy (non-hydrogen) atoms. The van der Waals surface area contributed by atoms with E-state index in [4.69, 9.17) is 0 Å². The average Bonchev–Trinajstić information content (AvgIpc) is 2.65. The van der Waals surface area contributed by atoms with Crippen LogP contribution in [0.15, 0.2) is 28.8 Å². The van der Waals surface area contributed by atoms with Crippen molar-refractivity contribution in [2.45, 2.75) is 6.54 Å². The lowest BCUT2D eigenvalue weighted by Gasteiger charge is -1.94. The molecule has 2 aromatic heterocycles. The predicted octanol–water partition coefficient (Wildman–Crippen LogP) is 0.681. The lowest BCUT2D eigenvalue weighted by atomic mass is 10.6. The number of nitrogens with zero attached hydrogens (tertiary/aromatic N) is 2. The molecule has 0 aromatic carbocycles. The van der Waals surface area contributed by atoms with Crippen LogP contribution in [0.5, 0.6) is 0 Å². The number of imidazole rings is 1. The Balaban J connectivity index is 2.25. The zero-order valence-corrected chi connectivity index (χ0v) is 7.04. The van der Waals surface area contributed by atoms with Gasteiger partial charge in [-0.25, -0.2) is 9.78 Å². The Labute approximate surface area is 72.5 Å². The molecular formula is C7H7N3OS. The number of hydrogen-bond donors (Lipinski definition) is 1. The van der Waals surface area contributed by atoms with Crippen LogP contribution in [0.25, 0.3) is 0 Å². The molecule has 0 amide bonds. The average molecular weight is 181 g/mol. The molecule has 2 rings (SSSR count). The Hall–Kier alpha value is -1.36. The number of aromatic nitrogens is 3.